The van der Waals surface area contributed by atoms with Crippen LogP contribution in [0, 0.1) is 0 Å². The van der Waals surface area contributed by atoms with Crippen molar-refractivity contribution in [2.75, 3.05) is 7.05 Å². The van der Waals surface area contributed by atoms with E-state index in [1.54, 1.807) is 4.68 Å². The van der Waals surface area contributed by atoms with Crippen LogP contribution in [-0.2, 0) is 16.3 Å². The summed E-state index contributed by atoms with van der Waals surface area (Å²) in [5.74, 6) is -0.662. The number of nitrogens with zero attached hydrogens (tertiary/aromatic N) is 4. The minimum absolute atomic E-state index is 0.270. The van der Waals surface area contributed by atoms with Crippen LogP contribution >= 0.6 is 0 Å². The molecule has 1 aromatic heterocycles. The second-order valence-electron chi connectivity index (χ2n) is 4.17. The summed E-state index contributed by atoms with van der Waals surface area (Å²) < 4.78 is 1.63. The summed E-state index contributed by atoms with van der Waals surface area (Å²) in [5.41, 5.74) is 1.91. The number of fused-ring (bicyclic) bond motifs is 1. The van der Waals surface area contributed by atoms with Gasteiger partial charge in [0.2, 0.25) is 0 Å². The lowest BCUT2D eigenvalue weighted by Gasteiger charge is -2.09. The topological polar surface area (TPSA) is 80.1 Å². The Balaban J connectivity index is 1.79. The third-order valence-corrected chi connectivity index (χ3v) is 2.97. The molecule has 19 heavy (non-hydrogen) atoms. The number of hydrogen-bond acceptors (Lipinski definition) is 5. The van der Waals surface area contributed by atoms with Gasteiger partial charge in [-0.15, -0.1) is 5.10 Å². The van der Waals surface area contributed by atoms with Crippen molar-refractivity contribution in [1.29, 1.82) is 0 Å². The molecule has 0 spiro atoms. The highest BCUT2D eigenvalue weighted by Gasteiger charge is 2.27. The Morgan fingerprint density at radius 1 is 1.26 bits per heavy atom. The first-order chi connectivity index (χ1) is 9.16. The third-order valence-electron chi connectivity index (χ3n) is 2.97. The number of hydrogen-bond donors (Lipinski definition) is 1. The quantitative estimate of drug-likeness (QED) is 0.774. The molecule has 0 radical (unpaired) electrons. The lowest BCUT2D eigenvalue weighted by atomic mass is 10.3. The molecule has 96 valence electrons. The third kappa shape index (κ3) is 1.85. The number of carbonyl (C=O) groups excluding carboxylic acids is 2. The normalized spacial score (nSPS) is 15.2. The van der Waals surface area contributed by atoms with Crippen molar-refractivity contribution in [1.82, 2.24) is 25.2 Å². The molecule has 0 bridgehead atoms. The van der Waals surface area contributed by atoms with Crippen LogP contribution in [0.25, 0.3) is 11.0 Å². The molecule has 1 aliphatic heterocycles. The zero-order valence-electron chi connectivity index (χ0n) is 10.2. The van der Waals surface area contributed by atoms with E-state index in [4.69, 9.17) is 0 Å². The Labute approximate surface area is 108 Å². The fourth-order valence-corrected chi connectivity index (χ4v) is 1.88. The molecule has 7 heteroatoms. The summed E-state index contributed by atoms with van der Waals surface area (Å²) in [7, 11) is 1.45. The van der Waals surface area contributed by atoms with Gasteiger partial charge in [-0.2, -0.15) is 0 Å². The van der Waals surface area contributed by atoms with Gasteiger partial charge in [0.1, 0.15) is 17.9 Å². The zero-order valence-corrected chi connectivity index (χ0v) is 10.2. The largest absolute Gasteiger partial charge is 0.361 e. The smallest absolute Gasteiger partial charge is 0.276 e. The van der Waals surface area contributed by atoms with Gasteiger partial charge in [0.15, 0.2) is 0 Å². The van der Waals surface area contributed by atoms with Crippen LogP contribution in [0.4, 0.5) is 0 Å². The Hall–Kier alpha value is -2.70. The average Bonchev–Trinajstić information content (AvgIpc) is 2.94. The standard InChI is InChI=1S/C12H11N5O2/c1-16-11(18)6-9(12(16)19)13-7-17-10-5-3-2-4-8(10)14-15-17/h2-6,13H,7H2,1H3. The maximum absolute atomic E-state index is 11.7. The molecular weight excluding hydrogens is 246 g/mol. The van der Waals surface area contributed by atoms with E-state index < -0.39 is 0 Å². The maximum Gasteiger partial charge on any atom is 0.276 e. The van der Waals surface area contributed by atoms with E-state index in [1.807, 2.05) is 24.3 Å². The first-order valence-corrected chi connectivity index (χ1v) is 5.72. The van der Waals surface area contributed by atoms with Gasteiger partial charge >= 0.3 is 0 Å². The van der Waals surface area contributed by atoms with E-state index in [0.717, 1.165) is 15.9 Å². The predicted molar refractivity (Wildman–Crippen MR) is 66.5 cm³/mol. The fourth-order valence-electron chi connectivity index (χ4n) is 1.88. The number of nitrogens with one attached hydrogen (secondary N) is 1. The molecule has 0 atom stereocenters. The van der Waals surface area contributed by atoms with Crippen LogP contribution in [0.2, 0.25) is 0 Å². The molecule has 2 aromatic rings. The molecule has 2 amide bonds. The van der Waals surface area contributed by atoms with Crippen molar-refractivity contribution in [3.63, 3.8) is 0 Å². The molecule has 0 aliphatic carbocycles. The van der Waals surface area contributed by atoms with Crippen molar-refractivity contribution in [2.24, 2.45) is 0 Å². The monoisotopic (exact) mass is 257 g/mol. The van der Waals surface area contributed by atoms with Crippen LogP contribution < -0.4 is 5.32 Å². The van der Waals surface area contributed by atoms with Gasteiger partial charge in [-0.25, -0.2) is 4.68 Å². The predicted octanol–water partition coefficient (Wildman–Crippen LogP) is -0.139. The van der Waals surface area contributed by atoms with E-state index in [9.17, 15) is 9.59 Å². The molecule has 0 saturated heterocycles. The Kier molecular flexibility index (Phi) is 2.52. The second-order valence-corrected chi connectivity index (χ2v) is 4.17. The van der Waals surface area contributed by atoms with E-state index in [2.05, 4.69) is 15.6 Å². The molecular formula is C12H11N5O2. The molecule has 7 nitrogen and oxygen atoms in total. The minimum atomic E-state index is -0.338. The summed E-state index contributed by atoms with van der Waals surface area (Å²) >= 11 is 0. The number of benzene rings is 1. The van der Waals surface area contributed by atoms with E-state index in [1.165, 1.54) is 13.1 Å². The molecule has 0 fully saturated rings. The molecule has 2 heterocycles. The highest BCUT2D eigenvalue weighted by molar-refractivity contribution is 6.15. The van der Waals surface area contributed by atoms with E-state index >= 15 is 0 Å². The van der Waals surface area contributed by atoms with Gasteiger partial charge in [0.05, 0.1) is 5.52 Å². The number of rotatable bonds is 3. The van der Waals surface area contributed by atoms with Gasteiger partial charge in [-0.1, -0.05) is 17.3 Å². The van der Waals surface area contributed by atoms with Crippen LogP contribution in [-0.4, -0.2) is 38.8 Å². The molecule has 0 unspecified atom stereocenters. The van der Waals surface area contributed by atoms with Crippen LogP contribution in [0.1, 0.15) is 0 Å². The van der Waals surface area contributed by atoms with Crippen LogP contribution in [0.15, 0.2) is 36.0 Å². The molecule has 1 N–H and O–H groups in total. The Morgan fingerprint density at radius 2 is 2.05 bits per heavy atom. The van der Waals surface area contributed by atoms with Gasteiger partial charge in [0.25, 0.3) is 11.8 Å². The number of carbonyl (C=O) groups is 2. The fraction of sp³-hybridized carbons (Fsp3) is 0.167. The zero-order chi connectivity index (χ0) is 13.4. The SMILES string of the molecule is CN1C(=O)C=C(NCn2nnc3ccccc32)C1=O. The lowest BCUT2D eigenvalue weighted by molar-refractivity contribution is -0.135. The molecule has 1 aliphatic rings. The average molecular weight is 257 g/mol. The number of aromatic nitrogens is 3. The first kappa shape index (κ1) is 11.4. The minimum Gasteiger partial charge on any atom is -0.361 e. The molecule has 0 saturated carbocycles. The van der Waals surface area contributed by atoms with Crippen LogP contribution in [0.5, 0.6) is 0 Å². The van der Waals surface area contributed by atoms with Crippen LogP contribution in [0.3, 0.4) is 0 Å². The number of imide groups is 1. The van der Waals surface area contributed by atoms with E-state index in [-0.39, 0.29) is 24.2 Å². The summed E-state index contributed by atoms with van der Waals surface area (Å²) in [6, 6.07) is 7.51. The van der Waals surface area contributed by atoms with Crippen molar-refractivity contribution in [2.45, 2.75) is 6.67 Å². The summed E-state index contributed by atoms with van der Waals surface area (Å²) in [5, 5.41) is 10.9. The summed E-state index contributed by atoms with van der Waals surface area (Å²) in [4.78, 5) is 24.0. The Bertz CT molecular complexity index is 703. The van der Waals surface area contributed by atoms with Gasteiger partial charge in [0, 0.05) is 13.1 Å². The van der Waals surface area contributed by atoms with Crippen molar-refractivity contribution in [3.8, 4) is 0 Å². The van der Waals surface area contributed by atoms with Gasteiger partial charge < -0.3 is 5.32 Å². The van der Waals surface area contributed by atoms with Crippen molar-refractivity contribution >= 4 is 22.8 Å². The molecule has 1 aromatic carbocycles. The van der Waals surface area contributed by atoms with Crippen molar-refractivity contribution < 1.29 is 9.59 Å². The number of amides is 2. The summed E-state index contributed by atoms with van der Waals surface area (Å²) in [6.45, 7) is 0.277. The highest BCUT2D eigenvalue weighted by Crippen LogP contribution is 2.11. The summed E-state index contributed by atoms with van der Waals surface area (Å²) in [6.07, 6.45) is 1.28. The van der Waals surface area contributed by atoms with Crippen molar-refractivity contribution in [3.05, 3.63) is 36.0 Å². The highest BCUT2D eigenvalue weighted by atomic mass is 16.2. The first-order valence-electron chi connectivity index (χ1n) is 5.72. The number of likely N-dealkylation sites (N-methyl/N-ethyl adjacent to an activating group) is 1. The number of para-hydroxylation sites is 1. The van der Waals surface area contributed by atoms with E-state index in [0.29, 0.717) is 0 Å². The Morgan fingerprint density at radius 3 is 2.79 bits per heavy atom. The lowest BCUT2D eigenvalue weighted by Crippen LogP contribution is -2.30. The second kappa shape index (κ2) is 4.20. The van der Waals surface area contributed by atoms with Gasteiger partial charge in [-0.3, -0.25) is 14.5 Å². The molecule has 3 rings (SSSR count). The van der Waals surface area contributed by atoms with Gasteiger partial charge in [-0.05, 0) is 12.1 Å². The maximum atomic E-state index is 11.7.